The van der Waals surface area contributed by atoms with Crippen molar-refractivity contribution >= 4 is 59.5 Å². The van der Waals surface area contributed by atoms with Gasteiger partial charge in [-0.2, -0.15) is 23.6 Å². The van der Waals surface area contributed by atoms with Crippen LogP contribution in [0.15, 0.2) is 48.5 Å². The van der Waals surface area contributed by atoms with Crippen molar-refractivity contribution in [2.24, 2.45) is 0 Å². The number of hydrogen-bond acceptors (Lipinski definition) is 10. The van der Waals surface area contributed by atoms with Gasteiger partial charge in [0.2, 0.25) is 0 Å². The molecular weight excluding hydrogens is 843 g/mol. The predicted octanol–water partition coefficient (Wildman–Crippen LogP) is 6.32. The molecule has 0 heterocycles. The summed E-state index contributed by atoms with van der Waals surface area (Å²) in [5.41, 5.74) is -4.77. The summed E-state index contributed by atoms with van der Waals surface area (Å²) in [6, 6.07) is 15.2. The molecule has 0 unspecified atom stereocenters. The zero-order valence-electron chi connectivity index (χ0n) is 27.1. The second-order valence-corrected chi connectivity index (χ2v) is 18.9. The molecule has 0 saturated carbocycles. The Bertz CT molecular complexity index is 887. The molecular formula is C30H48O6P2S4Zn3. The molecule has 0 aliphatic carbocycles. The molecule has 2 rings (SSSR count). The van der Waals surface area contributed by atoms with Crippen molar-refractivity contribution in [3.05, 3.63) is 59.7 Å². The van der Waals surface area contributed by atoms with E-state index in [1.165, 1.54) is 101 Å². The van der Waals surface area contributed by atoms with E-state index >= 15 is 0 Å². The van der Waals surface area contributed by atoms with Crippen LogP contribution in [0.25, 0.3) is 0 Å². The molecule has 0 saturated heterocycles. The molecule has 0 aromatic heterocycles. The van der Waals surface area contributed by atoms with Gasteiger partial charge in [-0.15, -0.1) is 0 Å². The van der Waals surface area contributed by atoms with Gasteiger partial charge in [0.1, 0.15) is 11.5 Å². The van der Waals surface area contributed by atoms with Crippen LogP contribution in [0.4, 0.5) is 0 Å². The third-order valence-corrected chi connectivity index (χ3v) is 6.01. The molecule has 0 fully saturated rings. The Morgan fingerprint density at radius 1 is 0.489 bits per heavy atom. The van der Waals surface area contributed by atoms with Crippen molar-refractivity contribution in [3.63, 3.8) is 0 Å². The summed E-state index contributed by atoms with van der Waals surface area (Å²) in [4.78, 5) is 37.2. The van der Waals surface area contributed by atoms with Gasteiger partial charge in [-0.25, -0.2) is 0 Å². The van der Waals surface area contributed by atoms with Gasteiger partial charge in [0, 0.05) is 0 Å². The van der Waals surface area contributed by atoms with Crippen LogP contribution in [-0.4, -0.2) is 10.2 Å². The molecule has 15 heteroatoms. The number of rotatable bonds is 16. The minimum absolute atomic E-state index is 0. The maximum absolute atomic E-state index is 9.29. The Hall–Kier alpha value is 1.75. The van der Waals surface area contributed by atoms with Crippen LogP contribution in [0, 0.1) is 0 Å². The molecule has 2 N–H and O–H groups in total. The van der Waals surface area contributed by atoms with Gasteiger partial charge in [0.15, 0.2) is 0 Å². The number of hydrogen-bond donors (Lipinski definition) is 2. The van der Waals surface area contributed by atoms with Crippen molar-refractivity contribution in [3.8, 4) is 11.5 Å². The first-order valence-corrected chi connectivity index (χ1v) is 22.0. The van der Waals surface area contributed by atoms with E-state index in [2.05, 4.69) is 62.0 Å². The van der Waals surface area contributed by atoms with Crippen molar-refractivity contribution in [2.75, 3.05) is 0 Å². The Labute approximate surface area is 332 Å². The van der Waals surface area contributed by atoms with Gasteiger partial charge in [0.25, 0.3) is 0 Å². The molecule has 0 aliphatic rings. The minimum Gasteiger partial charge on any atom is -0.850 e. The van der Waals surface area contributed by atoms with Crippen LogP contribution in [-0.2, 0) is 119 Å². The summed E-state index contributed by atoms with van der Waals surface area (Å²) < 4.78 is 0. The molecule has 2 aromatic rings. The van der Waals surface area contributed by atoms with E-state index in [9.17, 15) is 19.6 Å². The van der Waals surface area contributed by atoms with Crippen molar-refractivity contribution in [1.82, 2.24) is 0 Å². The molecule has 0 spiro atoms. The summed E-state index contributed by atoms with van der Waals surface area (Å²) in [7, 11) is 0. The average Bonchev–Trinajstić information content (AvgIpc) is 2.88. The fourth-order valence-corrected chi connectivity index (χ4v) is 3.90. The number of phenolic OH excluding ortho intramolecular Hbond substituents is 2. The first-order valence-electron chi connectivity index (χ1n) is 14.7. The van der Waals surface area contributed by atoms with Gasteiger partial charge >= 0.3 is 58.4 Å². The molecule has 2 aromatic carbocycles. The zero-order chi connectivity index (χ0) is 32.3. The minimum atomic E-state index is -3.72. The van der Waals surface area contributed by atoms with E-state index < -0.39 is 11.4 Å². The van der Waals surface area contributed by atoms with Gasteiger partial charge < -0.3 is 65.7 Å². The van der Waals surface area contributed by atoms with Crippen molar-refractivity contribution in [2.45, 2.75) is 117 Å². The Morgan fingerprint density at radius 3 is 0.911 bits per heavy atom. The Kier molecular flexibility index (Phi) is 46.2. The first-order chi connectivity index (χ1) is 19.7. The van der Waals surface area contributed by atoms with Crippen LogP contribution in [0.3, 0.4) is 0 Å². The average molecular weight is 891 g/mol. The molecule has 0 bridgehead atoms. The number of benzene rings is 2. The summed E-state index contributed by atoms with van der Waals surface area (Å²) in [5.74, 6) is 0.728. The molecule has 6 nitrogen and oxygen atoms in total. The maximum Gasteiger partial charge on any atom is 2.00 e. The first kappa shape index (κ1) is 56.1. The SMILES string of the molecule is CCCCCCCCCc1ccc(O)cc1.CCCCCCCCCc1ccc(O)cc1.[O-]P([O-])(=S)[S-].[O-]P([O-])(=S)[S-].[Zn+2].[Zn+2].[Zn+2]. The molecule has 244 valence electrons. The molecule has 0 amide bonds. The topological polar surface area (TPSA) is 133 Å². The summed E-state index contributed by atoms with van der Waals surface area (Å²) >= 11 is 14.6. The van der Waals surface area contributed by atoms with Crippen LogP contribution >= 0.6 is 11.4 Å². The Morgan fingerprint density at radius 2 is 0.689 bits per heavy atom. The van der Waals surface area contributed by atoms with E-state index in [1.54, 1.807) is 24.3 Å². The summed E-state index contributed by atoms with van der Waals surface area (Å²) in [5, 5.41) is 18.3. The fraction of sp³-hybridized carbons (Fsp3) is 0.600. The fourth-order valence-electron chi connectivity index (χ4n) is 3.90. The van der Waals surface area contributed by atoms with Gasteiger partial charge in [0.05, 0.1) is 0 Å². The van der Waals surface area contributed by atoms with Gasteiger partial charge in [-0.05, 0) is 61.1 Å². The number of aryl methyl sites for hydroxylation is 2. The van der Waals surface area contributed by atoms with Gasteiger partial charge in [-0.3, -0.25) is 0 Å². The second-order valence-electron chi connectivity index (χ2n) is 9.97. The third-order valence-electron chi connectivity index (χ3n) is 6.01. The summed E-state index contributed by atoms with van der Waals surface area (Å²) in [6.07, 6.45) is 21.3. The normalized spacial score (nSPS) is 10.1. The quantitative estimate of drug-likeness (QED) is 0.0855. The third kappa shape index (κ3) is 55.4. The van der Waals surface area contributed by atoms with Crippen molar-refractivity contribution in [1.29, 1.82) is 0 Å². The van der Waals surface area contributed by atoms with E-state index in [0.717, 1.165) is 12.8 Å². The van der Waals surface area contributed by atoms with Gasteiger partial charge in [-0.1, -0.05) is 115 Å². The number of unbranched alkanes of at least 4 members (excludes halogenated alkanes) is 12. The maximum atomic E-state index is 9.29. The van der Waals surface area contributed by atoms with E-state index in [4.69, 9.17) is 10.2 Å². The molecule has 0 aliphatic heterocycles. The van der Waals surface area contributed by atoms with Crippen LogP contribution in [0.2, 0.25) is 0 Å². The monoisotopic (exact) mass is 886 g/mol. The molecule has 0 radical (unpaired) electrons. The predicted molar refractivity (Wildman–Crippen MR) is 183 cm³/mol. The smallest absolute Gasteiger partial charge is 0.850 e. The zero-order valence-corrected chi connectivity index (χ0v) is 41.1. The van der Waals surface area contributed by atoms with E-state index in [-0.39, 0.29) is 58.4 Å². The van der Waals surface area contributed by atoms with Crippen LogP contribution in [0.1, 0.15) is 115 Å². The Balaban J connectivity index is -0.000000174. The van der Waals surface area contributed by atoms with E-state index in [0.29, 0.717) is 11.5 Å². The number of phenols is 2. The second kappa shape index (κ2) is 37.0. The molecule has 0 atom stereocenters. The standard InChI is InChI=1S/2C15H24O.2H3O2PS2.3Zn/c2*1-2-3-4-5-6-7-8-9-14-10-12-15(16)13-11-14;2*1-3(2,4)5;;;/h2*10-13,16H,2-9H2,1H3;2*(H3,1,2,4,5);;;/q;;;;3*+2/p-6. The largest absolute Gasteiger partial charge is 2.00 e. The molecule has 45 heavy (non-hydrogen) atoms. The van der Waals surface area contributed by atoms with Crippen LogP contribution in [0.5, 0.6) is 11.5 Å². The van der Waals surface area contributed by atoms with Crippen LogP contribution < -0.4 is 19.6 Å². The van der Waals surface area contributed by atoms with Crippen molar-refractivity contribution < 1.29 is 88.2 Å². The number of aromatic hydroxyl groups is 2. The summed E-state index contributed by atoms with van der Waals surface area (Å²) in [6.45, 7) is 4.51. The van der Waals surface area contributed by atoms with E-state index in [1.807, 2.05) is 24.3 Å².